The first-order chi connectivity index (χ1) is 14.1. The average Bonchev–Trinajstić information content (AvgIpc) is 3.12. The van der Waals surface area contributed by atoms with Crippen molar-refractivity contribution in [3.8, 4) is 0 Å². The number of carbonyl (C=O) groups excluding carboxylic acids is 2. The minimum Gasteiger partial charge on any atom is -0.341 e. The van der Waals surface area contributed by atoms with E-state index in [-0.39, 0.29) is 11.8 Å². The van der Waals surface area contributed by atoms with Crippen molar-refractivity contribution in [1.82, 2.24) is 9.80 Å². The summed E-state index contributed by atoms with van der Waals surface area (Å²) in [5.41, 5.74) is 0.639. The van der Waals surface area contributed by atoms with Crippen molar-refractivity contribution in [2.24, 2.45) is 0 Å². The van der Waals surface area contributed by atoms with Crippen molar-refractivity contribution in [1.29, 1.82) is 0 Å². The molecule has 8 heteroatoms. The van der Waals surface area contributed by atoms with Crippen molar-refractivity contribution in [2.45, 2.75) is 43.8 Å². The van der Waals surface area contributed by atoms with Crippen LogP contribution >= 0.6 is 33.2 Å². The Morgan fingerprint density at radius 1 is 1.14 bits per heavy atom. The molecule has 0 spiro atoms. The van der Waals surface area contributed by atoms with Gasteiger partial charge in [0, 0.05) is 43.6 Å². The molecule has 2 heterocycles. The van der Waals surface area contributed by atoms with Crippen LogP contribution in [0.2, 0.25) is 5.02 Å². The predicted molar refractivity (Wildman–Crippen MR) is 125 cm³/mol. The van der Waals surface area contributed by atoms with Gasteiger partial charge in [-0.05, 0) is 37.8 Å². The van der Waals surface area contributed by atoms with Crippen LogP contribution in [0.4, 0.5) is 5.69 Å². The zero-order valence-corrected chi connectivity index (χ0v) is 19.2. The van der Waals surface area contributed by atoms with E-state index in [0.29, 0.717) is 30.2 Å². The van der Waals surface area contributed by atoms with E-state index in [1.54, 1.807) is 12.1 Å². The lowest BCUT2D eigenvalue weighted by Gasteiger charge is -2.22. The lowest BCUT2D eigenvalue weighted by molar-refractivity contribution is -0.131. The lowest BCUT2D eigenvalue weighted by Crippen LogP contribution is -2.38. The Balaban J connectivity index is 1.35. The third-order valence-electron chi connectivity index (χ3n) is 5.35. The van der Waals surface area contributed by atoms with Gasteiger partial charge in [-0.15, -0.1) is 0 Å². The van der Waals surface area contributed by atoms with Gasteiger partial charge in [0.1, 0.15) is 0 Å². The number of amides is 2. The summed E-state index contributed by atoms with van der Waals surface area (Å²) in [6, 6.07) is 7.25. The molecule has 2 saturated heterocycles. The van der Waals surface area contributed by atoms with E-state index in [9.17, 15) is 9.59 Å². The topological polar surface area (TPSA) is 52.7 Å². The summed E-state index contributed by atoms with van der Waals surface area (Å²) in [5, 5.41) is 4.20. The molecule has 1 N–H and O–H groups in total. The molecule has 1 aromatic carbocycles. The van der Waals surface area contributed by atoms with Crippen LogP contribution in [0.15, 0.2) is 24.3 Å². The molecule has 5 nitrogen and oxygen atoms in total. The highest BCUT2D eigenvalue weighted by molar-refractivity contribution is 8.77. The molecule has 3 rings (SSSR count). The fourth-order valence-electron chi connectivity index (χ4n) is 3.70. The van der Waals surface area contributed by atoms with Crippen LogP contribution in [0.1, 0.15) is 38.5 Å². The molecule has 1 unspecified atom stereocenters. The maximum atomic E-state index is 12.6. The molecule has 29 heavy (non-hydrogen) atoms. The molecular formula is C21H30ClN3O2S2. The maximum absolute atomic E-state index is 12.6. The van der Waals surface area contributed by atoms with Gasteiger partial charge in [-0.1, -0.05) is 51.7 Å². The summed E-state index contributed by atoms with van der Waals surface area (Å²) < 4.78 is 0. The molecule has 0 aromatic heterocycles. The Kier molecular flexibility index (Phi) is 9.49. The number of nitrogens with zero attached hydrogens (tertiary/aromatic N) is 2. The van der Waals surface area contributed by atoms with E-state index < -0.39 is 0 Å². The van der Waals surface area contributed by atoms with Crippen LogP contribution in [0.5, 0.6) is 0 Å². The fraction of sp³-hybridized carbons (Fsp3) is 0.619. The number of hydrogen-bond donors (Lipinski definition) is 1. The third-order valence-corrected chi connectivity index (χ3v) is 8.69. The van der Waals surface area contributed by atoms with Gasteiger partial charge in [0.2, 0.25) is 11.8 Å². The third kappa shape index (κ3) is 7.70. The number of benzene rings is 1. The van der Waals surface area contributed by atoms with Crippen molar-refractivity contribution >= 4 is 50.7 Å². The summed E-state index contributed by atoms with van der Waals surface area (Å²) in [5.74, 6) is 1.47. The van der Waals surface area contributed by atoms with Gasteiger partial charge in [-0.3, -0.25) is 14.5 Å². The van der Waals surface area contributed by atoms with Crippen LogP contribution in [-0.4, -0.2) is 65.3 Å². The van der Waals surface area contributed by atoms with E-state index in [2.05, 4.69) is 10.2 Å². The van der Waals surface area contributed by atoms with Gasteiger partial charge in [-0.25, -0.2) is 0 Å². The molecule has 0 aliphatic carbocycles. The van der Waals surface area contributed by atoms with Crippen LogP contribution in [-0.2, 0) is 9.59 Å². The van der Waals surface area contributed by atoms with E-state index >= 15 is 0 Å². The van der Waals surface area contributed by atoms with Crippen molar-refractivity contribution < 1.29 is 9.59 Å². The molecule has 160 valence electrons. The second-order valence-electron chi connectivity index (χ2n) is 7.61. The van der Waals surface area contributed by atoms with Crippen molar-refractivity contribution in [3.05, 3.63) is 29.3 Å². The number of para-hydroxylation sites is 1. The fourth-order valence-corrected chi connectivity index (χ4v) is 6.92. The van der Waals surface area contributed by atoms with Gasteiger partial charge >= 0.3 is 0 Å². The highest BCUT2D eigenvalue weighted by Crippen LogP contribution is 2.39. The first-order valence-corrected chi connectivity index (χ1v) is 13.2. The number of anilines is 1. The largest absolute Gasteiger partial charge is 0.341 e. The van der Waals surface area contributed by atoms with Gasteiger partial charge < -0.3 is 10.2 Å². The molecule has 1 aromatic rings. The van der Waals surface area contributed by atoms with Crippen LogP contribution in [0, 0.1) is 0 Å². The molecular weight excluding hydrogens is 426 g/mol. The molecule has 0 saturated carbocycles. The quantitative estimate of drug-likeness (QED) is 0.461. The predicted octanol–water partition coefficient (Wildman–Crippen LogP) is 4.53. The number of carbonyl (C=O) groups is 2. The maximum Gasteiger partial charge on any atom is 0.238 e. The van der Waals surface area contributed by atoms with Gasteiger partial charge in [0.25, 0.3) is 0 Å². The number of nitrogens with one attached hydrogen (secondary N) is 1. The van der Waals surface area contributed by atoms with Crippen LogP contribution in [0.25, 0.3) is 0 Å². The number of halogens is 1. The van der Waals surface area contributed by atoms with Crippen molar-refractivity contribution in [2.75, 3.05) is 43.8 Å². The summed E-state index contributed by atoms with van der Waals surface area (Å²) in [4.78, 5) is 29.0. The standard InChI is InChI=1S/C21H30ClN3O2S2/c22-18-7-2-3-8-19(18)23-20(26)16-24-11-5-12-25(14-13-24)21(27)9-4-1-6-17-10-15-28-29-17/h2-3,7-8,17H,1,4-6,9-16H2,(H,23,26). The second-order valence-corrected chi connectivity index (χ2v) is 10.8. The van der Waals surface area contributed by atoms with E-state index in [1.807, 2.05) is 38.6 Å². The molecule has 2 aliphatic heterocycles. The first kappa shape index (κ1) is 22.8. The molecule has 0 bridgehead atoms. The van der Waals surface area contributed by atoms with Crippen LogP contribution < -0.4 is 5.32 Å². The second kappa shape index (κ2) is 12.1. The Hall–Kier alpha value is -0.890. The summed E-state index contributed by atoms with van der Waals surface area (Å²) >= 11 is 6.11. The van der Waals surface area contributed by atoms with E-state index in [1.165, 1.54) is 18.6 Å². The average molecular weight is 456 g/mol. The lowest BCUT2D eigenvalue weighted by atomic mass is 10.1. The Morgan fingerprint density at radius 2 is 2.00 bits per heavy atom. The number of rotatable bonds is 8. The normalized spacial score (nSPS) is 20.4. The minimum atomic E-state index is -0.0687. The monoisotopic (exact) mass is 455 g/mol. The Morgan fingerprint density at radius 3 is 2.79 bits per heavy atom. The molecule has 2 amide bonds. The minimum absolute atomic E-state index is 0.0687. The molecule has 2 fully saturated rings. The van der Waals surface area contributed by atoms with Crippen LogP contribution in [0.3, 0.4) is 0 Å². The van der Waals surface area contributed by atoms with Gasteiger partial charge in [0.05, 0.1) is 17.3 Å². The zero-order chi connectivity index (χ0) is 20.5. The summed E-state index contributed by atoms with van der Waals surface area (Å²) in [6.45, 7) is 3.38. The molecule has 2 aliphatic rings. The van der Waals surface area contributed by atoms with Gasteiger partial charge in [0.15, 0.2) is 0 Å². The smallest absolute Gasteiger partial charge is 0.238 e. The molecule has 0 radical (unpaired) electrons. The number of hydrogen-bond acceptors (Lipinski definition) is 5. The van der Waals surface area contributed by atoms with Crippen molar-refractivity contribution in [3.63, 3.8) is 0 Å². The summed E-state index contributed by atoms with van der Waals surface area (Å²) in [7, 11) is 3.99. The highest BCUT2D eigenvalue weighted by atomic mass is 35.5. The van der Waals surface area contributed by atoms with Gasteiger partial charge in [-0.2, -0.15) is 0 Å². The van der Waals surface area contributed by atoms with E-state index in [0.717, 1.165) is 44.1 Å². The molecule has 1 atom stereocenters. The van der Waals surface area contributed by atoms with E-state index in [4.69, 9.17) is 11.6 Å². The highest BCUT2D eigenvalue weighted by Gasteiger charge is 2.21. The Bertz CT molecular complexity index is 686. The first-order valence-electron chi connectivity index (χ1n) is 10.4. The zero-order valence-electron chi connectivity index (χ0n) is 16.8. The summed E-state index contributed by atoms with van der Waals surface area (Å²) in [6.07, 6.45) is 6.24. The SMILES string of the molecule is O=C(CN1CCCN(C(=O)CCCCC2CCSS2)CC1)Nc1ccccc1Cl. The Labute approximate surface area is 186 Å². The number of unbranched alkanes of at least 4 members (excludes halogenated alkanes) is 1.